The predicted molar refractivity (Wildman–Crippen MR) is 110 cm³/mol. The summed E-state index contributed by atoms with van der Waals surface area (Å²) >= 11 is 0. The van der Waals surface area contributed by atoms with Crippen molar-refractivity contribution >= 4 is 15.9 Å². The Kier molecular flexibility index (Phi) is 8.73. The van der Waals surface area contributed by atoms with Crippen LogP contribution in [0.15, 0.2) is 23.1 Å². The molecule has 0 aliphatic carbocycles. The summed E-state index contributed by atoms with van der Waals surface area (Å²) in [4.78, 5) is 12.6. The highest BCUT2D eigenvalue weighted by Gasteiger charge is 2.33. The van der Waals surface area contributed by atoms with E-state index in [9.17, 15) is 13.2 Å². The van der Waals surface area contributed by atoms with E-state index in [1.807, 2.05) is 13.8 Å². The maximum Gasteiger partial charge on any atom is 0.243 e. The number of methoxy groups -OCH3 is 2. The number of rotatable bonds is 10. The Morgan fingerprint density at radius 2 is 1.97 bits per heavy atom. The number of ether oxygens (including phenoxy) is 3. The third-order valence-corrected chi connectivity index (χ3v) is 6.68. The fourth-order valence-electron chi connectivity index (χ4n) is 3.25. The molecule has 1 heterocycles. The smallest absolute Gasteiger partial charge is 0.243 e. The van der Waals surface area contributed by atoms with Crippen LogP contribution in [0, 0.1) is 5.92 Å². The summed E-state index contributed by atoms with van der Waals surface area (Å²) in [6, 6.07) is 4.51. The number of nitrogens with one attached hydrogen (secondary N) is 1. The molecule has 0 aromatic heterocycles. The van der Waals surface area contributed by atoms with Crippen LogP contribution in [-0.4, -0.2) is 65.2 Å². The van der Waals surface area contributed by atoms with Gasteiger partial charge in [-0.25, -0.2) is 8.42 Å². The van der Waals surface area contributed by atoms with E-state index in [0.29, 0.717) is 44.0 Å². The molecule has 1 atom stereocenters. The third kappa shape index (κ3) is 6.32. The lowest BCUT2D eigenvalue weighted by Gasteiger charge is -2.31. The van der Waals surface area contributed by atoms with Crippen molar-refractivity contribution in [2.24, 2.45) is 5.92 Å². The molecule has 9 heteroatoms. The number of amides is 1. The molecule has 29 heavy (non-hydrogen) atoms. The second-order valence-corrected chi connectivity index (χ2v) is 9.22. The third-order valence-electron chi connectivity index (χ3n) is 4.82. The topological polar surface area (TPSA) is 94.2 Å². The molecule has 1 aliphatic rings. The van der Waals surface area contributed by atoms with Gasteiger partial charge in [0.1, 0.15) is 0 Å². The largest absolute Gasteiger partial charge is 0.493 e. The van der Waals surface area contributed by atoms with Gasteiger partial charge in [-0.3, -0.25) is 4.79 Å². The molecule has 2 rings (SSSR count). The highest BCUT2D eigenvalue weighted by atomic mass is 32.2. The molecule has 1 saturated heterocycles. The van der Waals surface area contributed by atoms with Gasteiger partial charge in [-0.1, -0.05) is 0 Å². The maximum atomic E-state index is 13.1. The van der Waals surface area contributed by atoms with E-state index in [-0.39, 0.29) is 29.4 Å². The molecule has 0 saturated carbocycles. The van der Waals surface area contributed by atoms with E-state index in [1.165, 1.54) is 30.7 Å². The molecule has 1 amide bonds. The Hall–Kier alpha value is -1.84. The van der Waals surface area contributed by atoms with Gasteiger partial charge in [0, 0.05) is 32.3 Å². The van der Waals surface area contributed by atoms with Gasteiger partial charge in [0.25, 0.3) is 0 Å². The Bertz CT molecular complexity index is 781. The molecule has 1 aromatic carbocycles. The van der Waals surface area contributed by atoms with Gasteiger partial charge in [0.05, 0.1) is 31.1 Å². The lowest BCUT2D eigenvalue weighted by Crippen LogP contribution is -2.45. The average Bonchev–Trinajstić information content (AvgIpc) is 2.72. The first-order valence-corrected chi connectivity index (χ1v) is 11.3. The van der Waals surface area contributed by atoms with Gasteiger partial charge in [0.2, 0.25) is 15.9 Å². The molecule has 0 radical (unpaired) electrons. The molecular weight excluding hydrogens is 396 g/mol. The second-order valence-electron chi connectivity index (χ2n) is 7.28. The Morgan fingerprint density at radius 1 is 1.24 bits per heavy atom. The maximum absolute atomic E-state index is 13.1. The van der Waals surface area contributed by atoms with Crippen LogP contribution in [-0.2, 0) is 19.6 Å². The molecule has 1 aliphatic heterocycles. The number of carbonyl (C=O) groups is 1. The summed E-state index contributed by atoms with van der Waals surface area (Å²) in [5, 5.41) is 2.89. The number of benzene rings is 1. The van der Waals surface area contributed by atoms with Crippen LogP contribution in [0.2, 0.25) is 0 Å². The molecule has 0 bridgehead atoms. The van der Waals surface area contributed by atoms with Gasteiger partial charge < -0.3 is 19.5 Å². The minimum atomic E-state index is -3.73. The van der Waals surface area contributed by atoms with Gasteiger partial charge in [-0.15, -0.1) is 0 Å². The summed E-state index contributed by atoms with van der Waals surface area (Å²) < 4.78 is 43.4. The fourth-order valence-corrected chi connectivity index (χ4v) is 4.79. The Labute approximate surface area is 173 Å². The van der Waals surface area contributed by atoms with Crippen LogP contribution in [0.25, 0.3) is 0 Å². The first-order valence-electron chi connectivity index (χ1n) is 9.91. The summed E-state index contributed by atoms with van der Waals surface area (Å²) in [5.74, 6) is 0.346. The van der Waals surface area contributed by atoms with Crippen molar-refractivity contribution in [3.63, 3.8) is 0 Å². The standard InChI is InChI=1S/C20H32N2O6S/c1-15(2)28-12-6-10-21-20(23)16-7-5-11-22(14-16)29(24,25)17-8-9-18(26-3)19(13-17)27-4/h8-9,13,15-16H,5-7,10-12,14H2,1-4H3,(H,21,23)/t16-/m0/s1. The van der Waals surface area contributed by atoms with Crippen LogP contribution in [0.3, 0.4) is 0 Å². The summed E-state index contributed by atoms with van der Waals surface area (Å²) in [6.07, 6.45) is 2.21. The zero-order valence-electron chi connectivity index (χ0n) is 17.6. The molecule has 1 N–H and O–H groups in total. The first-order chi connectivity index (χ1) is 13.8. The van der Waals surface area contributed by atoms with Crippen molar-refractivity contribution in [2.45, 2.75) is 44.1 Å². The predicted octanol–water partition coefficient (Wildman–Crippen LogP) is 2.04. The minimum Gasteiger partial charge on any atom is -0.493 e. The van der Waals surface area contributed by atoms with Crippen LogP contribution in [0.4, 0.5) is 0 Å². The van der Waals surface area contributed by atoms with E-state index in [2.05, 4.69) is 5.32 Å². The molecular formula is C20H32N2O6S. The van der Waals surface area contributed by atoms with Gasteiger partial charge >= 0.3 is 0 Å². The Balaban J connectivity index is 1.99. The number of carbonyl (C=O) groups excluding carboxylic acids is 1. The van der Waals surface area contributed by atoms with Crippen molar-refractivity contribution in [3.05, 3.63) is 18.2 Å². The molecule has 8 nitrogen and oxygen atoms in total. The van der Waals surface area contributed by atoms with Crippen molar-refractivity contribution in [3.8, 4) is 11.5 Å². The van der Waals surface area contributed by atoms with Crippen molar-refractivity contribution in [1.82, 2.24) is 9.62 Å². The minimum absolute atomic E-state index is 0.109. The van der Waals surface area contributed by atoms with Gasteiger partial charge in [-0.05, 0) is 45.2 Å². The number of nitrogens with zero attached hydrogens (tertiary/aromatic N) is 1. The Morgan fingerprint density at radius 3 is 2.62 bits per heavy atom. The monoisotopic (exact) mass is 428 g/mol. The molecule has 0 spiro atoms. The lowest BCUT2D eigenvalue weighted by atomic mass is 9.99. The van der Waals surface area contributed by atoms with Crippen molar-refractivity contribution in [1.29, 1.82) is 0 Å². The summed E-state index contributed by atoms with van der Waals surface area (Å²) in [7, 11) is -0.772. The molecule has 0 unspecified atom stereocenters. The number of sulfonamides is 1. The molecule has 1 fully saturated rings. The second kappa shape index (κ2) is 10.8. The number of piperidine rings is 1. The van der Waals surface area contributed by atoms with Crippen molar-refractivity contribution in [2.75, 3.05) is 40.5 Å². The highest BCUT2D eigenvalue weighted by molar-refractivity contribution is 7.89. The average molecular weight is 429 g/mol. The van der Waals surface area contributed by atoms with Crippen LogP contribution >= 0.6 is 0 Å². The molecule has 1 aromatic rings. The SMILES string of the molecule is COc1ccc(S(=O)(=O)N2CCC[C@H](C(=O)NCCCOC(C)C)C2)cc1OC. The quantitative estimate of drug-likeness (QED) is 0.573. The highest BCUT2D eigenvalue weighted by Crippen LogP contribution is 2.32. The molecule has 164 valence electrons. The zero-order valence-corrected chi connectivity index (χ0v) is 18.5. The number of hydrogen-bond donors (Lipinski definition) is 1. The van der Waals surface area contributed by atoms with Crippen molar-refractivity contribution < 1.29 is 27.4 Å². The first kappa shape index (κ1) is 23.4. The van der Waals surface area contributed by atoms with Crippen LogP contribution in [0.5, 0.6) is 11.5 Å². The number of hydrogen-bond acceptors (Lipinski definition) is 6. The zero-order chi connectivity index (χ0) is 21.4. The van der Waals surface area contributed by atoms with E-state index < -0.39 is 10.0 Å². The van der Waals surface area contributed by atoms with Gasteiger partial charge in [0.15, 0.2) is 11.5 Å². The van der Waals surface area contributed by atoms with Crippen LogP contribution in [0.1, 0.15) is 33.1 Å². The van der Waals surface area contributed by atoms with E-state index in [4.69, 9.17) is 14.2 Å². The summed E-state index contributed by atoms with van der Waals surface area (Å²) in [6.45, 7) is 5.60. The van der Waals surface area contributed by atoms with Gasteiger partial charge in [-0.2, -0.15) is 4.31 Å². The van der Waals surface area contributed by atoms with E-state index >= 15 is 0 Å². The van der Waals surface area contributed by atoms with E-state index in [0.717, 1.165) is 6.42 Å². The van der Waals surface area contributed by atoms with Crippen LogP contribution < -0.4 is 14.8 Å². The summed E-state index contributed by atoms with van der Waals surface area (Å²) in [5.41, 5.74) is 0. The van der Waals surface area contributed by atoms with E-state index in [1.54, 1.807) is 6.07 Å². The lowest BCUT2D eigenvalue weighted by molar-refractivity contribution is -0.126. The fraction of sp³-hybridized carbons (Fsp3) is 0.650. The normalized spacial score (nSPS) is 17.9.